The van der Waals surface area contributed by atoms with Crippen LogP contribution in [0.15, 0.2) is 35.6 Å². The van der Waals surface area contributed by atoms with Gasteiger partial charge in [0.15, 0.2) is 11.9 Å². The molecule has 1 aliphatic heterocycles. The molecule has 1 aromatic carbocycles. The molecule has 1 aliphatic rings. The first-order valence-electron chi connectivity index (χ1n) is 8.57. The van der Waals surface area contributed by atoms with E-state index in [1.807, 2.05) is 6.92 Å². The molecule has 27 heavy (non-hydrogen) atoms. The van der Waals surface area contributed by atoms with Gasteiger partial charge in [-0.15, -0.1) is 0 Å². The number of aromatic nitrogens is 2. The van der Waals surface area contributed by atoms with E-state index in [0.29, 0.717) is 21.6 Å². The molecule has 3 rings (SSSR count). The smallest absolute Gasteiger partial charge is 0.328 e. The molecule has 2 heterocycles. The minimum Gasteiger partial charge on any atom is -0.480 e. The highest BCUT2D eigenvalue weighted by Crippen LogP contribution is 2.33. The van der Waals surface area contributed by atoms with Gasteiger partial charge in [-0.2, -0.15) is 0 Å². The quantitative estimate of drug-likeness (QED) is 0.815. The van der Waals surface area contributed by atoms with Gasteiger partial charge < -0.3 is 10.0 Å². The van der Waals surface area contributed by atoms with Crippen LogP contribution in [0.1, 0.15) is 37.7 Å². The standard InChI is InChI=1S/C19H20Cl2N4O2/c1-4-13-8-22-9-15(23-13)17-24-19(2,3)16(18(26)27)25(17)10-11-7-12(20)5-6-14(11)21/h5-9,16H,4,10H2,1-3H3,(H,26,27). The molecule has 0 aliphatic carbocycles. The lowest BCUT2D eigenvalue weighted by Crippen LogP contribution is -2.49. The third kappa shape index (κ3) is 3.92. The van der Waals surface area contributed by atoms with Gasteiger partial charge >= 0.3 is 5.97 Å². The summed E-state index contributed by atoms with van der Waals surface area (Å²) < 4.78 is 0. The zero-order valence-electron chi connectivity index (χ0n) is 15.3. The van der Waals surface area contributed by atoms with Crippen molar-refractivity contribution in [3.63, 3.8) is 0 Å². The number of nitrogens with zero attached hydrogens (tertiary/aromatic N) is 4. The van der Waals surface area contributed by atoms with E-state index in [1.165, 1.54) is 0 Å². The minimum absolute atomic E-state index is 0.247. The third-order valence-electron chi connectivity index (χ3n) is 4.51. The number of rotatable bonds is 5. The molecule has 0 bridgehead atoms. The van der Waals surface area contributed by atoms with Gasteiger partial charge in [-0.1, -0.05) is 30.1 Å². The van der Waals surface area contributed by atoms with Crippen molar-refractivity contribution in [2.24, 2.45) is 4.99 Å². The summed E-state index contributed by atoms with van der Waals surface area (Å²) in [6.07, 6.45) is 4.02. The predicted octanol–water partition coefficient (Wildman–Crippen LogP) is 3.84. The van der Waals surface area contributed by atoms with Crippen molar-refractivity contribution in [2.75, 3.05) is 0 Å². The van der Waals surface area contributed by atoms with Crippen LogP contribution in [0.3, 0.4) is 0 Å². The largest absolute Gasteiger partial charge is 0.480 e. The zero-order valence-corrected chi connectivity index (χ0v) is 16.8. The van der Waals surface area contributed by atoms with E-state index < -0.39 is 17.6 Å². The Kier molecular flexibility index (Phi) is 5.40. The fraction of sp³-hybridized carbons (Fsp3) is 0.368. The summed E-state index contributed by atoms with van der Waals surface area (Å²) in [4.78, 5) is 27.3. The summed E-state index contributed by atoms with van der Waals surface area (Å²) in [5.41, 5.74) is 1.24. The Bertz CT molecular complexity index is 914. The maximum Gasteiger partial charge on any atom is 0.328 e. The molecule has 8 heteroatoms. The summed E-state index contributed by atoms with van der Waals surface area (Å²) in [7, 11) is 0. The number of hydrogen-bond donors (Lipinski definition) is 1. The van der Waals surface area contributed by atoms with Gasteiger partial charge in [-0.05, 0) is 44.0 Å². The Morgan fingerprint density at radius 2 is 2.04 bits per heavy atom. The Morgan fingerprint density at radius 3 is 2.70 bits per heavy atom. The van der Waals surface area contributed by atoms with E-state index >= 15 is 0 Å². The van der Waals surface area contributed by atoms with Crippen LogP contribution in [0.4, 0.5) is 0 Å². The molecule has 1 aromatic heterocycles. The normalized spacial score (nSPS) is 18.5. The van der Waals surface area contributed by atoms with E-state index in [9.17, 15) is 9.90 Å². The molecule has 142 valence electrons. The highest BCUT2D eigenvalue weighted by Gasteiger charge is 2.47. The summed E-state index contributed by atoms with van der Waals surface area (Å²) in [6, 6.07) is 4.26. The zero-order chi connectivity index (χ0) is 19.8. The second-order valence-electron chi connectivity index (χ2n) is 6.94. The fourth-order valence-corrected chi connectivity index (χ4v) is 3.61. The molecule has 0 amide bonds. The molecule has 0 saturated carbocycles. The lowest BCUT2D eigenvalue weighted by Gasteiger charge is -2.30. The number of aryl methyl sites for hydroxylation is 1. The van der Waals surface area contributed by atoms with Crippen molar-refractivity contribution >= 4 is 35.0 Å². The average molecular weight is 407 g/mol. The molecule has 0 saturated heterocycles. The van der Waals surface area contributed by atoms with E-state index in [2.05, 4.69) is 15.0 Å². The van der Waals surface area contributed by atoms with Crippen molar-refractivity contribution < 1.29 is 9.90 Å². The maximum absolute atomic E-state index is 12.1. The number of halogens is 2. The Balaban J connectivity index is 2.08. The van der Waals surface area contributed by atoms with Crippen LogP contribution in [0.2, 0.25) is 10.0 Å². The van der Waals surface area contributed by atoms with E-state index in [1.54, 1.807) is 49.3 Å². The molecular weight excluding hydrogens is 387 g/mol. The molecular formula is C19H20Cl2N4O2. The van der Waals surface area contributed by atoms with E-state index in [4.69, 9.17) is 23.2 Å². The second-order valence-corrected chi connectivity index (χ2v) is 7.79. The molecule has 0 fully saturated rings. The van der Waals surface area contributed by atoms with Gasteiger partial charge in [0.05, 0.1) is 17.4 Å². The Labute approximate surface area is 167 Å². The van der Waals surface area contributed by atoms with Gasteiger partial charge in [0.25, 0.3) is 0 Å². The van der Waals surface area contributed by atoms with Crippen molar-refractivity contribution in [1.29, 1.82) is 0 Å². The number of aliphatic imine (C=N–C) groups is 1. The Hall–Kier alpha value is -2.18. The van der Waals surface area contributed by atoms with Crippen LogP contribution in [0.5, 0.6) is 0 Å². The van der Waals surface area contributed by atoms with Gasteiger partial charge in [-0.25, -0.2) is 9.78 Å². The summed E-state index contributed by atoms with van der Waals surface area (Å²) >= 11 is 12.4. The number of carboxylic acid groups (broad SMARTS) is 1. The average Bonchev–Trinajstić information content (AvgIpc) is 2.88. The Morgan fingerprint density at radius 1 is 1.30 bits per heavy atom. The second kappa shape index (κ2) is 7.44. The van der Waals surface area contributed by atoms with Crippen molar-refractivity contribution in [2.45, 2.75) is 45.3 Å². The monoisotopic (exact) mass is 406 g/mol. The number of carboxylic acids is 1. The number of carbonyl (C=O) groups is 1. The minimum atomic E-state index is -0.962. The SMILES string of the molecule is CCc1cncc(C2=NC(C)(C)C(C(=O)O)N2Cc2cc(Cl)ccc2Cl)n1. The number of hydrogen-bond acceptors (Lipinski definition) is 5. The van der Waals surface area contributed by atoms with Crippen LogP contribution < -0.4 is 0 Å². The van der Waals surface area contributed by atoms with Crippen molar-refractivity contribution in [1.82, 2.24) is 14.9 Å². The molecule has 1 atom stereocenters. The predicted molar refractivity (Wildman–Crippen MR) is 105 cm³/mol. The van der Waals surface area contributed by atoms with Crippen LogP contribution >= 0.6 is 23.2 Å². The summed E-state index contributed by atoms with van der Waals surface area (Å²) in [5, 5.41) is 10.9. The maximum atomic E-state index is 12.1. The highest BCUT2D eigenvalue weighted by atomic mass is 35.5. The van der Waals surface area contributed by atoms with Gasteiger partial charge in [0.2, 0.25) is 0 Å². The van der Waals surface area contributed by atoms with Gasteiger partial charge in [0.1, 0.15) is 5.69 Å². The molecule has 1 N–H and O–H groups in total. The molecule has 6 nitrogen and oxygen atoms in total. The van der Waals surface area contributed by atoms with Gasteiger partial charge in [0, 0.05) is 22.8 Å². The van der Waals surface area contributed by atoms with Crippen LogP contribution in [-0.2, 0) is 17.8 Å². The molecule has 1 unspecified atom stereocenters. The third-order valence-corrected chi connectivity index (χ3v) is 5.11. The topological polar surface area (TPSA) is 78.7 Å². The number of benzene rings is 1. The summed E-state index contributed by atoms with van der Waals surface area (Å²) in [5.74, 6) is -0.470. The lowest BCUT2D eigenvalue weighted by atomic mass is 9.95. The first-order chi connectivity index (χ1) is 12.7. The van der Waals surface area contributed by atoms with E-state index in [-0.39, 0.29) is 6.54 Å². The fourth-order valence-electron chi connectivity index (χ4n) is 3.24. The van der Waals surface area contributed by atoms with Crippen molar-refractivity contribution in [3.05, 3.63) is 57.6 Å². The van der Waals surface area contributed by atoms with Crippen LogP contribution in [0, 0.1) is 0 Å². The summed E-state index contributed by atoms with van der Waals surface area (Å²) in [6.45, 7) is 5.82. The van der Waals surface area contributed by atoms with Gasteiger partial charge in [-0.3, -0.25) is 9.98 Å². The van der Waals surface area contributed by atoms with Crippen molar-refractivity contribution in [3.8, 4) is 0 Å². The first-order valence-corrected chi connectivity index (χ1v) is 9.33. The number of amidine groups is 1. The molecule has 0 spiro atoms. The lowest BCUT2D eigenvalue weighted by molar-refractivity contribution is -0.143. The number of aliphatic carboxylic acids is 1. The highest BCUT2D eigenvalue weighted by molar-refractivity contribution is 6.33. The van der Waals surface area contributed by atoms with Crippen LogP contribution in [-0.4, -0.2) is 43.4 Å². The van der Waals surface area contributed by atoms with E-state index in [0.717, 1.165) is 17.7 Å². The molecule has 2 aromatic rings. The first kappa shape index (κ1) is 19.6. The molecule has 0 radical (unpaired) electrons. The van der Waals surface area contributed by atoms with Crippen LogP contribution in [0.25, 0.3) is 0 Å².